The Hall–Kier alpha value is -2.44. The first kappa shape index (κ1) is 22.2. The van der Waals surface area contributed by atoms with Gasteiger partial charge in [0.2, 0.25) is 5.76 Å². The maximum Gasteiger partial charge on any atom is 0.490 e. The zero-order valence-electron chi connectivity index (χ0n) is 15.7. The van der Waals surface area contributed by atoms with Gasteiger partial charge in [0.05, 0.1) is 18.3 Å². The molecule has 30 heavy (non-hydrogen) atoms. The molecule has 0 radical (unpaired) electrons. The van der Waals surface area contributed by atoms with E-state index in [-0.39, 0.29) is 23.8 Å². The third-order valence-corrected chi connectivity index (χ3v) is 5.65. The van der Waals surface area contributed by atoms with E-state index < -0.39 is 12.1 Å². The molecule has 2 aliphatic rings. The summed E-state index contributed by atoms with van der Waals surface area (Å²) in [4.78, 5) is 24.9. The Morgan fingerprint density at radius 3 is 2.73 bits per heavy atom. The lowest BCUT2D eigenvalue weighted by Crippen LogP contribution is -2.47. The minimum atomic E-state index is -5.08. The fourth-order valence-corrected chi connectivity index (χ4v) is 4.27. The van der Waals surface area contributed by atoms with Gasteiger partial charge in [-0.15, -0.1) is 11.3 Å². The summed E-state index contributed by atoms with van der Waals surface area (Å²) in [6.07, 6.45) is -1.36. The molecule has 8 nitrogen and oxygen atoms in total. The van der Waals surface area contributed by atoms with Crippen molar-refractivity contribution in [1.29, 1.82) is 0 Å². The third-order valence-electron chi connectivity index (χ3n) is 4.79. The van der Waals surface area contributed by atoms with Gasteiger partial charge in [-0.25, -0.2) is 4.79 Å². The van der Waals surface area contributed by atoms with Crippen LogP contribution in [0.3, 0.4) is 0 Å². The van der Waals surface area contributed by atoms with E-state index in [0.717, 1.165) is 32.5 Å². The number of nitrogens with zero attached hydrogens (tertiary/aromatic N) is 2. The molecular weight excluding hydrogens is 427 g/mol. The number of carboxylic acids is 1. The lowest BCUT2D eigenvalue weighted by Gasteiger charge is -2.32. The van der Waals surface area contributed by atoms with Crippen molar-refractivity contribution in [2.75, 3.05) is 13.2 Å². The van der Waals surface area contributed by atoms with Crippen LogP contribution in [0.25, 0.3) is 0 Å². The molecule has 2 aromatic rings. The molecule has 4 rings (SSSR count). The molecule has 2 fully saturated rings. The molecule has 1 amide bonds. The number of nitrogens with one attached hydrogen (secondary N) is 1. The van der Waals surface area contributed by atoms with Gasteiger partial charge in [-0.1, -0.05) is 11.2 Å². The normalized spacial score (nSPS) is 23.9. The van der Waals surface area contributed by atoms with E-state index in [4.69, 9.17) is 19.2 Å². The van der Waals surface area contributed by atoms with Crippen molar-refractivity contribution in [3.05, 3.63) is 40.4 Å². The summed E-state index contributed by atoms with van der Waals surface area (Å²) < 4.78 is 42.7. The molecule has 0 saturated carbocycles. The molecule has 0 aromatic carbocycles. The van der Waals surface area contributed by atoms with E-state index in [9.17, 15) is 18.0 Å². The van der Waals surface area contributed by atoms with E-state index in [1.54, 1.807) is 17.4 Å². The number of rotatable bonds is 4. The summed E-state index contributed by atoms with van der Waals surface area (Å²) in [5, 5.41) is 15.9. The molecule has 0 bridgehead atoms. The van der Waals surface area contributed by atoms with Crippen LogP contribution in [-0.4, -0.2) is 64.6 Å². The lowest BCUT2D eigenvalue weighted by atomic mass is 10.0. The number of fused-ring (bicyclic) bond motifs is 1. The Morgan fingerprint density at radius 1 is 1.37 bits per heavy atom. The number of carboxylic acid groups (broad SMARTS) is 1. The second-order valence-corrected chi connectivity index (χ2v) is 7.85. The van der Waals surface area contributed by atoms with Crippen molar-refractivity contribution < 1.29 is 37.1 Å². The number of carbonyl (C=O) groups excluding carboxylic acids is 1. The number of hydrogen-bond acceptors (Lipinski definition) is 7. The summed E-state index contributed by atoms with van der Waals surface area (Å²) in [7, 11) is 0. The van der Waals surface area contributed by atoms with Crippen molar-refractivity contribution in [3.63, 3.8) is 0 Å². The standard InChI is InChI=1S/C16H19N3O3S.C2HF3O2/c20-16(14-5-6-17-22-14)18-12-10-19(9-11-3-2-8-23-11)13-4-1-7-21-15(12)13;3-2(4,5)1(6)7/h2-3,5-6,8,12-13,15H,1,4,7,9-10H2,(H,18,20);(H,6,7)/t12-,13+,15+;/m0./s1. The van der Waals surface area contributed by atoms with Crippen molar-refractivity contribution in [1.82, 2.24) is 15.4 Å². The maximum atomic E-state index is 12.2. The quantitative estimate of drug-likeness (QED) is 0.742. The smallest absolute Gasteiger partial charge is 0.475 e. The van der Waals surface area contributed by atoms with Crippen molar-refractivity contribution >= 4 is 23.2 Å². The number of thiophene rings is 1. The van der Waals surface area contributed by atoms with Crippen molar-refractivity contribution in [3.8, 4) is 0 Å². The molecule has 4 heterocycles. The third kappa shape index (κ3) is 5.58. The zero-order valence-corrected chi connectivity index (χ0v) is 16.5. The molecule has 0 aliphatic carbocycles. The Bertz CT molecular complexity index is 829. The zero-order chi connectivity index (χ0) is 21.7. The largest absolute Gasteiger partial charge is 0.490 e. The maximum absolute atomic E-state index is 12.2. The van der Waals surface area contributed by atoms with Crippen LogP contribution in [0.2, 0.25) is 0 Å². The highest BCUT2D eigenvalue weighted by Gasteiger charge is 2.44. The second kappa shape index (κ2) is 9.58. The van der Waals surface area contributed by atoms with Crippen molar-refractivity contribution in [2.24, 2.45) is 0 Å². The Kier molecular flexibility index (Phi) is 7.10. The molecular formula is C18H20F3N3O5S. The molecule has 12 heteroatoms. The van der Waals surface area contributed by atoms with E-state index in [1.165, 1.54) is 11.1 Å². The predicted molar refractivity (Wildman–Crippen MR) is 98.9 cm³/mol. The molecule has 2 aromatic heterocycles. The van der Waals surface area contributed by atoms with Crippen LogP contribution >= 0.6 is 11.3 Å². The van der Waals surface area contributed by atoms with Crippen LogP contribution in [0.4, 0.5) is 13.2 Å². The van der Waals surface area contributed by atoms with Gasteiger partial charge >= 0.3 is 12.1 Å². The van der Waals surface area contributed by atoms with Gasteiger partial charge in [0.25, 0.3) is 5.91 Å². The Labute approximate surface area is 173 Å². The van der Waals surface area contributed by atoms with Gasteiger partial charge in [-0.05, 0) is 24.3 Å². The highest BCUT2D eigenvalue weighted by atomic mass is 32.1. The predicted octanol–water partition coefficient (Wildman–Crippen LogP) is 2.53. The van der Waals surface area contributed by atoms with Gasteiger partial charge in [-0.3, -0.25) is 9.69 Å². The lowest BCUT2D eigenvalue weighted by molar-refractivity contribution is -0.192. The molecule has 164 valence electrons. The highest BCUT2D eigenvalue weighted by Crippen LogP contribution is 2.31. The average Bonchev–Trinajstić information content (AvgIpc) is 3.44. The fourth-order valence-electron chi connectivity index (χ4n) is 3.54. The van der Waals surface area contributed by atoms with Gasteiger partial charge in [-0.2, -0.15) is 13.2 Å². The number of aliphatic carboxylic acids is 1. The minimum Gasteiger partial charge on any atom is -0.475 e. The number of alkyl halides is 3. The molecule has 2 N–H and O–H groups in total. The number of amides is 1. The molecule has 0 unspecified atom stereocenters. The van der Waals surface area contributed by atoms with Gasteiger partial charge < -0.3 is 19.7 Å². The number of hydrogen-bond donors (Lipinski definition) is 2. The Balaban J connectivity index is 0.000000318. The Morgan fingerprint density at radius 2 is 2.13 bits per heavy atom. The molecule has 2 saturated heterocycles. The van der Waals surface area contributed by atoms with E-state index in [2.05, 4.69) is 32.9 Å². The van der Waals surface area contributed by atoms with Crippen LogP contribution < -0.4 is 5.32 Å². The number of likely N-dealkylation sites (tertiary alicyclic amines) is 1. The van der Waals surface area contributed by atoms with Gasteiger partial charge in [0, 0.05) is 36.7 Å². The van der Waals surface area contributed by atoms with Gasteiger partial charge in [0.1, 0.15) is 0 Å². The number of halogens is 3. The summed E-state index contributed by atoms with van der Waals surface area (Å²) in [5.74, 6) is -2.74. The molecule has 2 aliphatic heterocycles. The monoisotopic (exact) mass is 447 g/mol. The van der Waals surface area contributed by atoms with E-state index in [1.807, 2.05) is 0 Å². The summed E-state index contributed by atoms with van der Waals surface area (Å²) in [5.41, 5.74) is 0. The molecule has 0 spiro atoms. The first-order valence-electron chi connectivity index (χ1n) is 9.15. The van der Waals surface area contributed by atoms with Crippen LogP contribution in [0.15, 0.2) is 34.3 Å². The topological polar surface area (TPSA) is 105 Å². The number of aromatic nitrogens is 1. The highest BCUT2D eigenvalue weighted by molar-refractivity contribution is 7.09. The number of carbonyl (C=O) groups is 2. The van der Waals surface area contributed by atoms with Crippen LogP contribution in [0, 0.1) is 0 Å². The second-order valence-electron chi connectivity index (χ2n) is 6.81. The first-order chi connectivity index (χ1) is 14.3. The SMILES string of the molecule is O=C(N[C@H]1CN(Cc2cccs2)[C@@H]2CCCO[C@H]12)c1ccno1.O=C(O)C(F)(F)F. The first-order valence-corrected chi connectivity index (χ1v) is 10.0. The van der Waals surface area contributed by atoms with Crippen molar-refractivity contribution in [2.45, 2.75) is 43.8 Å². The van der Waals surface area contributed by atoms with Crippen LogP contribution in [-0.2, 0) is 16.1 Å². The fraction of sp³-hybridized carbons (Fsp3) is 0.500. The van der Waals surface area contributed by atoms with Crippen LogP contribution in [0.1, 0.15) is 28.3 Å². The average molecular weight is 447 g/mol. The van der Waals surface area contributed by atoms with E-state index in [0.29, 0.717) is 6.04 Å². The summed E-state index contributed by atoms with van der Waals surface area (Å²) in [6, 6.07) is 6.16. The van der Waals surface area contributed by atoms with Crippen LogP contribution in [0.5, 0.6) is 0 Å². The summed E-state index contributed by atoms with van der Waals surface area (Å²) >= 11 is 1.77. The summed E-state index contributed by atoms with van der Waals surface area (Å²) in [6.45, 7) is 2.48. The van der Waals surface area contributed by atoms with E-state index >= 15 is 0 Å². The van der Waals surface area contributed by atoms with Gasteiger partial charge in [0.15, 0.2) is 0 Å². The molecule has 3 atom stereocenters. The minimum absolute atomic E-state index is 0.0159. The number of ether oxygens (including phenoxy) is 1.